The number of nitrogens with zero attached hydrogens (tertiary/aromatic N) is 2. The minimum Gasteiger partial charge on any atom is -0.549 e. The largest absolute Gasteiger partial charge is 0.549 e. The molecule has 22 nitrogen and oxygen atoms in total. The minimum absolute atomic E-state index is 0. The molecular formula is C38H40N6O16S8. The molecule has 3 heterocycles. The zero-order valence-corrected chi connectivity index (χ0v) is 41.4. The molecule has 0 amide bonds. The number of aromatic amines is 2. The molecule has 30 heteroatoms. The average Bonchev–Trinajstić information content (AvgIpc) is 4.00. The standard InChI is InChI=1S/C14H12N6O4S3.3C8H8O4S.2H2S/c15-13-18-7(3-25-13)12(8-4-26-14(16)19-8)27-5-9(17-6-27)20(1-10(21)22)2-11(23)24;3*9-8(10)6-13(11,12)7-4-2-1-3-5-7;;/h3-5H,1-2H2,(H5-,15,16,18,19,21,22,23,24);3*1-5H,6H2,(H,9,10);2*1H2. The summed E-state index contributed by atoms with van der Waals surface area (Å²) < 4.78 is 67.3. The first kappa shape index (κ1) is 59.8. The summed E-state index contributed by atoms with van der Waals surface area (Å²) >= 11 is 2.67. The lowest BCUT2D eigenvalue weighted by Gasteiger charge is -2.11. The highest BCUT2D eigenvalue weighted by molar-refractivity contribution is 8.30. The fourth-order valence-corrected chi connectivity index (χ4v) is 10.9. The molecule has 0 radical (unpaired) electrons. The third-order valence-electron chi connectivity index (χ3n) is 7.52. The Hall–Kier alpha value is -6.24. The smallest absolute Gasteiger partial charge is 0.329 e. The summed E-state index contributed by atoms with van der Waals surface area (Å²) in [6.07, 6.45) is 0. The van der Waals surface area contributed by atoms with Crippen molar-refractivity contribution in [3.8, 4) is 0 Å². The fourth-order valence-electron chi connectivity index (χ4n) is 4.88. The second kappa shape index (κ2) is 27.5. The zero-order chi connectivity index (χ0) is 49.2. The number of benzene rings is 3. The molecule has 0 bridgehead atoms. The van der Waals surface area contributed by atoms with E-state index in [9.17, 15) is 64.5 Å². The van der Waals surface area contributed by atoms with Crippen molar-refractivity contribution in [3.05, 3.63) is 124 Å². The highest BCUT2D eigenvalue weighted by Crippen LogP contribution is 2.30. The molecule has 1 atom stereocenters. The van der Waals surface area contributed by atoms with E-state index in [0.717, 1.165) is 16.3 Å². The van der Waals surface area contributed by atoms with Gasteiger partial charge in [0.25, 0.3) is 11.4 Å². The monoisotopic (exact) mass is 1090 g/mol. The van der Waals surface area contributed by atoms with Gasteiger partial charge >= 0.3 is 22.2 Å². The number of carboxylic acid groups (broad SMARTS) is 5. The van der Waals surface area contributed by atoms with Crippen LogP contribution < -0.4 is 36.8 Å². The van der Waals surface area contributed by atoms with Crippen LogP contribution in [-0.2, 0) is 53.5 Å². The van der Waals surface area contributed by atoms with Crippen molar-refractivity contribution < 1.29 is 84.7 Å². The average molecular weight is 1090 g/mol. The molecule has 0 saturated carbocycles. The first-order valence-corrected chi connectivity index (χ1v) is 25.8. The number of nitrogens with two attached hydrogens (primary N) is 2. The van der Waals surface area contributed by atoms with E-state index in [-0.39, 0.29) is 47.5 Å². The maximum Gasteiger partial charge on any atom is 0.329 e. The summed E-state index contributed by atoms with van der Waals surface area (Å²) in [4.78, 5) is 64.6. The Morgan fingerprint density at radius 1 is 0.603 bits per heavy atom. The quantitative estimate of drug-likeness (QED) is 0.0450. The van der Waals surface area contributed by atoms with Gasteiger partial charge in [0, 0.05) is 15.8 Å². The number of carboxylic acids is 5. The number of hydrogen-bond donors (Lipinski definition) is 4. The lowest BCUT2D eigenvalue weighted by atomic mass is 10.3. The van der Waals surface area contributed by atoms with Crippen LogP contribution in [0, 0.1) is 0 Å². The van der Waals surface area contributed by atoms with Crippen LogP contribution in [0.15, 0.2) is 133 Å². The fraction of sp³-hybridized carbons (Fsp3) is 0.132. The SMILES string of the molecule is Nc1[nH+]c(C(c2csc(N)[nH+]2)=S2[C+]=NC(N(CC(=O)O)CC(=O)O)=C2)cs1.O=C([O-])CS(=O)(=O)c1ccccc1.O=C([O-])CS(=O)(=O)c1ccccc1.O=C([O-])CS(=O)(=O)c1ccccc1.S.S. The van der Waals surface area contributed by atoms with Crippen LogP contribution in [-0.4, -0.2) is 111 Å². The van der Waals surface area contributed by atoms with Gasteiger partial charge in [0.15, 0.2) is 40.9 Å². The Morgan fingerprint density at radius 2 is 0.912 bits per heavy atom. The Morgan fingerprint density at radius 3 is 1.16 bits per heavy atom. The van der Waals surface area contributed by atoms with Gasteiger partial charge in [-0.3, -0.25) is 26.0 Å². The van der Waals surface area contributed by atoms with E-state index in [1.165, 1.54) is 100 Å². The molecule has 6 rings (SSSR count). The van der Waals surface area contributed by atoms with Gasteiger partial charge in [-0.25, -0.2) is 35.2 Å². The van der Waals surface area contributed by atoms with Crippen LogP contribution in [0.2, 0.25) is 0 Å². The lowest BCUT2D eigenvalue weighted by Crippen LogP contribution is -2.33. The predicted molar refractivity (Wildman–Crippen MR) is 255 cm³/mol. The van der Waals surface area contributed by atoms with Crippen molar-refractivity contribution in [1.29, 1.82) is 0 Å². The number of carbonyl (C=O) groups excluding carboxylic acids is 3. The van der Waals surface area contributed by atoms with Gasteiger partial charge in [-0.2, -0.15) is 27.0 Å². The van der Waals surface area contributed by atoms with Gasteiger partial charge in [-0.15, -0.1) is 0 Å². The number of aliphatic imine (C=N–C) groups is 1. The minimum atomic E-state index is -3.72. The van der Waals surface area contributed by atoms with E-state index in [4.69, 9.17) is 21.7 Å². The second-order valence-electron chi connectivity index (χ2n) is 12.6. The molecule has 1 aliphatic rings. The van der Waals surface area contributed by atoms with Gasteiger partial charge in [-0.1, -0.05) is 77.3 Å². The number of thiazole rings is 2. The number of sulfone groups is 3. The number of hydrogen-bond acceptors (Lipinski definition) is 20. The first-order valence-electron chi connectivity index (χ1n) is 17.8. The highest BCUT2D eigenvalue weighted by atomic mass is 32.2. The molecule has 0 saturated heterocycles. The van der Waals surface area contributed by atoms with E-state index in [1.807, 2.05) is 10.8 Å². The lowest BCUT2D eigenvalue weighted by molar-refractivity contribution is -0.364. The number of aromatic nitrogens is 2. The molecule has 2 aromatic heterocycles. The van der Waals surface area contributed by atoms with Crippen molar-refractivity contribution >= 4 is 140 Å². The van der Waals surface area contributed by atoms with Gasteiger partial charge in [0.05, 0.1) is 60.3 Å². The van der Waals surface area contributed by atoms with Crippen LogP contribution in [0.25, 0.3) is 0 Å². The summed E-state index contributed by atoms with van der Waals surface area (Å²) in [7, 11) is -11.9. The second-order valence-corrected chi connectivity index (χ2v) is 21.9. The molecule has 3 aromatic carbocycles. The van der Waals surface area contributed by atoms with E-state index in [1.54, 1.807) is 23.6 Å². The summed E-state index contributed by atoms with van der Waals surface area (Å²) in [6.45, 7) is -0.963. The summed E-state index contributed by atoms with van der Waals surface area (Å²) in [5, 5.41) is 54.8. The number of rotatable bonds is 16. The Labute approximate surface area is 412 Å². The molecule has 68 heavy (non-hydrogen) atoms. The van der Waals surface area contributed by atoms with Crippen LogP contribution in [0.1, 0.15) is 11.4 Å². The summed E-state index contributed by atoms with van der Waals surface area (Å²) in [6, 6.07) is 22.2. The first-order chi connectivity index (χ1) is 30.9. The Kier molecular flexibility index (Phi) is 24.2. The normalized spacial score (nSPS) is 12.4. The van der Waals surface area contributed by atoms with Crippen molar-refractivity contribution in [2.45, 2.75) is 14.7 Å². The number of anilines is 2. The van der Waals surface area contributed by atoms with Gasteiger partial charge in [0.2, 0.25) is 0 Å². The number of aliphatic carboxylic acids is 5. The molecule has 366 valence electrons. The van der Waals surface area contributed by atoms with Crippen LogP contribution in [0.5, 0.6) is 0 Å². The highest BCUT2D eigenvalue weighted by Gasteiger charge is 2.32. The molecule has 5 aromatic rings. The third-order valence-corrected chi connectivity index (χ3v) is 15.4. The molecule has 0 fully saturated rings. The molecule has 0 aliphatic carbocycles. The van der Waals surface area contributed by atoms with Crippen LogP contribution in [0.3, 0.4) is 0 Å². The number of nitrogen functional groups attached to an aromatic ring is 2. The van der Waals surface area contributed by atoms with Crippen molar-refractivity contribution in [3.63, 3.8) is 0 Å². The maximum absolute atomic E-state index is 11.2. The van der Waals surface area contributed by atoms with Gasteiger partial charge < -0.3 is 39.9 Å². The maximum atomic E-state index is 11.2. The topological polar surface area (TPSA) is 393 Å². The van der Waals surface area contributed by atoms with Crippen LogP contribution in [0.4, 0.5) is 10.3 Å². The summed E-state index contributed by atoms with van der Waals surface area (Å²) in [5.41, 5.74) is 16.0. The zero-order valence-electron chi connectivity index (χ0n) is 34.5. The molecular weight excluding hydrogens is 1050 g/mol. The number of carbonyl (C=O) groups is 5. The molecule has 1 aliphatic heterocycles. The molecule has 8 N–H and O–H groups in total. The van der Waals surface area contributed by atoms with Crippen molar-refractivity contribution in [2.24, 2.45) is 4.99 Å². The number of H-pyrrole nitrogens is 2. The van der Waals surface area contributed by atoms with E-state index in [0.29, 0.717) is 10.3 Å². The van der Waals surface area contributed by atoms with E-state index < -0.39 is 100 Å². The van der Waals surface area contributed by atoms with Gasteiger partial charge in [0.1, 0.15) is 23.4 Å². The summed E-state index contributed by atoms with van der Waals surface area (Å²) in [5.74, 6) is -9.77. The molecule has 1 unspecified atom stereocenters. The van der Waals surface area contributed by atoms with Crippen LogP contribution >= 0.6 is 60.1 Å². The molecule has 0 spiro atoms. The Bertz CT molecular complexity index is 2710. The van der Waals surface area contributed by atoms with Crippen molar-refractivity contribution in [1.82, 2.24) is 4.90 Å². The predicted octanol–water partition coefficient (Wildman–Crippen LogP) is -2.51. The van der Waals surface area contributed by atoms with Gasteiger partial charge in [-0.05, 0) is 36.4 Å². The number of nitrogens with one attached hydrogen (secondary N) is 2. The van der Waals surface area contributed by atoms with Crippen molar-refractivity contribution in [2.75, 3.05) is 41.8 Å². The third kappa shape index (κ3) is 19.9. The van der Waals surface area contributed by atoms with E-state index >= 15 is 0 Å². The van der Waals surface area contributed by atoms with E-state index in [2.05, 4.69) is 20.5 Å². The Balaban J connectivity index is 0.000000482.